The van der Waals surface area contributed by atoms with Gasteiger partial charge in [0.05, 0.1) is 11.0 Å². The number of phenols is 5. The van der Waals surface area contributed by atoms with Gasteiger partial charge in [-0.2, -0.15) is 0 Å². The Labute approximate surface area is 376 Å². The highest BCUT2D eigenvalue weighted by Gasteiger charge is 2.27. The number of hydrogen-bond acceptors (Lipinski definition) is 8. The molecule has 66 heavy (non-hydrogen) atoms. The van der Waals surface area contributed by atoms with Gasteiger partial charge in [0.25, 0.3) is 0 Å². The van der Waals surface area contributed by atoms with Gasteiger partial charge < -0.3 is 30.1 Å². The number of aromatic hydroxyl groups is 5. The average molecular weight is 857 g/mol. The van der Waals surface area contributed by atoms with E-state index >= 15 is 0 Å². The molecular weight excluding hydrogens is 821 g/mol. The summed E-state index contributed by atoms with van der Waals surface area (Å²) in [6.45, 7) is 0. The number of benzene rings is 10. The Hall–Kier alpha value is -9.21. The molecule has 0 fully saturated rings. The van der Waals surface area contributed by atoms with Crippen molar-refractivity contribution in [3.8, 4) is 90.9 Å². The number of hydrogen-bond donors (Lipinski definition) is 5. The summed E-state index contributed by atoms with van der Waals surface area (Å²) in [6, 6.07) is 63.1. The molecule has 9 nitrogen and oxygen atoms in total. The first-order valence-electron chi connectivity index (χ1n) is 21.4. The molecule has 0 aliphatic heterocycles. The SMILES string of the molecule is Oc1c(O)c(O)c(-n2c3ccccc3c3cc(-c4cc5c6ccccc6c6ccccc6c5cc4-c4cccc(-c5nc(-c6ccccc6)nc(-c6ccccc6)n5)c4)ccc32)c(O)c1O. The van der Waals surface area contributed by atoms with Gasteiger partial charge in [-0.05, 0) is 91.0 Å². The Morgan fingerprint density at radius 1 is 0.273 bits per heavy atom. The van der Waals surface area contributed by atoms with E-state index in [2.05, 4.69) is 78.9 Å². The minimum atomic E-state index is -1.02. The van der Waals surface area contributed by atoms with Crippen molar-refractivity contribution in [3.63, 3.8) is 0 Å². The Kier molecular flexibility index (Phi) is 8.72. The van der Waals surface area contributed by atoms with Crippen LogP contribution < -0.4 is 0 Å². The summed E-state index contributed by atoms with van der Waals surface area (Å²) in [5.74, 6) is -2.80. The second-order valence-electron chi connectivity index (χ2n) is 16.3. The maximum atomic E-state index is 11.2. The summed E-state index contributed by atoms with van der Waals surface area (Å²) in [5, 5.41) is 62.2. The molecule has 0 aliphatic rings. The van der Waals surface area contributed by atoms with Gasteiger partial charge in [-0.3, -0.25) is 0 Å². The zero-order valence-corrected chi connectivity index (χ0v) is 34.9. The van der Waals surface area contributed by atoms with Crippen LogP contribution >= 0.6 is 0 Å². The predicted octanol–water partition coefficient (Wildman–Crippen LogP) is 13.3. The molecule has 2 heterocycles. The van der Waals surface area contributed by atoms with Crippen LogP contribution in [0.2, 0.25) is 0 Å². The number of para-hydroxylation sites is 1. The topological polar surface area (TPSA) is 145 Å². The molecule has 0 saturated heterocycles. The van der Waals surface area contributed by atoms with Gasteiger partial charge >= 0.3 is 0 Å². The highest BCUT2D eigenvalue weighted by molar-refractivity contribution is 6.27. The molecular formula is C57H36N4O5. The normalized spacial score (nSPS) is 11.6. The van der Waals surface area contributed by atoms with Crippen molar-refractivity contribution in [2.24, 2.45) is 0 Å². The van der Waals surface area contributed by atoms with Crippen LogP contribution in [-0.4, -0.2) is 45.1 Å². The van der Waals surface area contributed by atoms with Crippen molar-refractivity contribution < 1.29 is 25.5 Å². The van der Waals surface area contributed by atoms with Gasteiger partial charge in [0, 0.05) is 27.5 Å². The fourth-order valence-corrected chi connectivity index (χ4v) is 9.46. The third-order valence-electron chi connectivity index (χ3n) is 12.6. The van der Waals surface area contributed by atoms with Crippen molar-refractivity contribution >= 4 is 54.1 Å². The number of aromatic nitrogens is 4. The molecule has 0 amide bonds. The summed E-state index contributed by atoms with van der Waals surface area (Å²) in [7, 11) is 0. The van der Waals surface area contributed by atoms with Gasteiger partial charge in [-0.25, -0.2) is 15.0 Å². The van der Waals surface area contributed by atoms with Crippen molar-refractivity contribution in [3.05, 3.63) is 188 Å². The van der Waals surface area contributed by atoms with E-state index in [0.29, 0.717) is 28.5 Å². The molecule has 0 atom stereocenters. The van der Waals surface area contributed by atoms with Gasteiger partial charge in [-0.15, -0.1) is 0 Å². The largest absolute Gasteiger partial charge is 0.503 e. The smallest absolute Gasteiger partial charge is 0.208 e. The van der Waals surface area contributed by atoms with E-state index < -0.39 is 28.7 Å². The van der Waals surface area contributed by atoms with E-state index in [1.807, 2.05) is 109 Å². The maximum Gasteiger partial charge on any atom is 0.208 e. The lowest BCUT2D eigenvalue weighted by Gasteiger charge is -2.18. The molecule has 0 saturated carbocycles. The Bertz CT molecular complexity index is 3860. The van der Waals surface area contributed by atoms with E-state index in [1.54, 1.807) is 4.57 Å². The lowest BCUT2D eigenvalue weighted by Crippen LogP contribution is -2.00. The minimum absolute atomic E-state index is 0.271. The Balaban J connectivity index is 1.13. The molecule has 10 aromatic carbocycles. The first-order valence-corrected chi connectivity index (χ1v) is 21.4. The number of nitrogens with zero attached hydrogens (tertiary/aromatic N) is 4. The van der Waals surface area contributed by atoms with Crippen LogP contribution in [0.4, 0.5) is 0 Å². The monoisotopic (exact) mass is 856 g/mol. The van der Waals surface area contributed by atoms with Crippen molar-refractivity contribution in [2.75, 3.05) is 0 Å². The van der Waals surface area contributed by atoms with Crippen LogP contribution in [0.1, 0.15) is 0 Å². The molecule has 12 rings (SSSR count). The van der Waals surface area contributed by atoms with Crippen LogP contribution in [0.3, 0.4) is 0 Å². The molecule has 314 valence electrons. The highest BCUT2D eigenvalue weighted by Crippen LogP contribution is 2.54. The van der Waals surface area contributed by atoms with Crippen LogP contribution in [0.25, 0.3) is 116 Å². The lowest BCUT2D eigenvalue weighted by atomic mass is 9.86. The Morgan fingerprint density at radius 3 is 1.21 bits per heavy atom. The second-order valence-corrected chi connectivity index (χ2v) is 16.3. The predicted molar refractivity (Wildman–Crippen MR) is 262 cm³/mol. The molecule has 2 aromatic heterocycles. The molecule has 0 unspecified atom stereocenters. The minimum Gasteiger partial charge on any atom is -0.503 e. The fourth-order valence-electron chi connectivity index (χ4n) is 9.46. The first kappa shape index (κ1) is 38.5. The van der Waals surface area contributed by atoms with Gasteiger partial charge in [0.15, 0.2) is 29.0 Å². The summed E-state index contributed by atoms with van der Waals surface area (Å²) >= 11 is 0. The molecule has 0 radical (unpaired) electrons. The van der Waals surface area contributed by atoms with Crippen LogP contribution in [-0.2, 0) is 0 Å². The van der Waals surface area contributed by atoms with Crippen molar-refractivity contribution in [2.45, 2.75) is 0 Å². The summed E-state index contributed by atoms with van der Waals surface area (Å²) in [6.07, 6.45) is 0. The molecule has 0 bridgehead atoms. The van der Waals surface area contributed by atoms with E-state index in [9.17, 15) is 25.5 Å². The molecule has 12 aromatic rings. The van der Waals surface area contributed by atoms with Crippen LogP contribution in [0.15, 0.2) is 188 Å². The van der Waals surface area contributed by atoms with Crippen molar-refractivity contribution in [1.29, 1.82) is 0 Å². The first-order chi connectivity index (χ1) is 32.3. The van der Waals surface area contributed by atoms with E-state index in [4.69, 9.17) is 15.0 Å². The molecule has 5 N–H and O–H groups in total. The number of phenolic OH excluding ortho intramolecular Hbond substituents is 5. The third-order valence-corrected chi connectivity index (χ3v) is 12.6. The van der Waals surface area contributed by atoms with E-state index in [-0.39, 0.29) is 5.69 Å². The summed E-state index contributed by atoms with van der Waals surface area (Å²) in [5.41, 5.74) is 7.24. The van der Waals surface area contributed by atoms with Crippen molar-refractivity contribution in [1.82, 2.24) is 19.5 Å². The standard InChI is InChI=1S/C57H36N4O5/c62-50-49(51(63)53(65)54(66)52(50)64)61-47-25-12-11-24-41(47)46-29-35(26-27-48(46)61)43-31-45-40-23-10-8-21-38(40)37-20-7-9-22-39(37)44(45)30-42(43)34-18-13-19-36(28-34)57-59-55(32-14-3-1-4-15-32)58-56(60-57)33-16-5-2-6-17-33/h1-31,62-66H. The molecule has 0 spiro atoms. The summed E-state index contributed by atoms with van der Waals surface area (Å²) < 4.78 is 1.57. The maximum absolute atomic E-state index is 11.2. The van der Waals surface area contributed by atoms with E-state index in [0.717, 1.165) is 82.0 Å². The zero-order chi connectivity index (χ0) is 44.6. The summed E-state index contributed by atoms with van der Waals surface area (Å²) in [4.78, 5) is 15.0. The van der Waals surface area contributed by atoms with Gasteiger partial charge in [0.1, 0.15) is 5.69 Å². The Morgan fingerprint density at radius 2 is 0.667 bits per heavy atom. The molecule has 0 aliphatic carbocycles. The van der Waals surface area contributed by atoms with Crippen LogP contribution in [0, 0.1) is 0 Å². The van der Waals surface area contributed by atoms with Crippen LogP contribution in [0.5, 0.6) is 28.7 Å². The lowest BCUT2D eigenvalue weighted by molar-refractivity contribution is 0.327. The average Bonchev–Trinajstić information content (AvgIpc) is 3.70. The van der Waals surface area contributed by atoms with Gasteiger partial charge in [-0.1, -0.05) is 152 Å². The van der Waals surface area contributed by atoms with E-state index in [1.165, 1.54) is 0 Å². The number of rotatable bonds is 6. The second kappa shape index (κ2) is 15.0. The third kappa shape index (κ3) is 5.98. The van der Waals surface area contributed by atoms with Gasteiger partial charge in [0.2, 0.25) is 17.2 Å². The number of fused-ring (bicyclic) bond motifs is 9. The molecule has 9 heteroatoms. The fraction of sp³-hybridized carbons (Fsp3) is 0. The quantitative estimate of drug-likeness (QED) is 0.0631. The highest BCUT2D eigenvalue weighted by atomic mass is 16.4. The zero-order valence-electron chi connectivity index (χ0n) is 34.9.